The summed E-state index contributed by atoms with van der Waals surface area (Å²) in [7, 11) is 0. The Kier molecular flexibility index (Phi) is 4.18. The van der Waals surface area contributed by atoms with Gasteiger partial charge >= 0.3 is 5.97 Å². The Morgan fingerprint density at radius 3 is 2.48 bits per heavy atom. The number of rotatable bonds is 4. The van der Waals surface area contributed by atoms with Gasteiger partial charge < -0.3 is 5.11 Å². The summed E-state index contributed by atoms with van der Waals surface area (Å²) in [4.78, 5) is 21.1. The van der Waals surface area contributed by atoms with Gasteiger partial charge in [-0.15, -0.1) is 0 Å². The summed E-state index contributed by atoms with van der Waals surface area (Å²) in [5, 5.41) is 20.0. The standard InChI is InChI=1S/C13H7F2NO4S/c14-7-4-5-10(9(15)6-7)21-11-3-1-2-8(13(17)18)12(11)16(19)20/h1-6H,(H,17,18). The van der Waals surface area contributed by atoms with Gasteiger partial charge in [-0.05, 0) is 24.3 Å². The van der Waals surface area contributed by atoms with E-state index in [9.17, 15) is 23.7 Å². The molecule has 0 unspecified atom stereocenters. The van der Waals surface area contributed by atoms with Crippen LogP contribution in [0.1, 0.15) is 10.4 Å². The maximum Gasteiger partial charge on any atom is 0.342 e. The predicted octanol–water partition coefficient (Wildman–Crippen LogP) is 3.72. The van der Waals surface area contributed by atoms with Crippen molar-refractivity contribution < 1.29 is 23.6 Å². The van der Waals surface area contributed by atoms with Crippen molar-refractivity contribution in [2.75, 3.05) is 0 Å². The first-order valence-corrected chi connectivity index (χ1v) is 6.35. The Hall–Kier alpha value is -2.48. The molecule has 0 heterocycles. The zero-order valence-corrected chi connectivity index (χ0v) is 11.1. The number of hydrogen-bond donors (Lipinski definition) is 1. The molecule has 0 spiro atoms. The molecule has 0 amide bonds. The molecule has 2 aromatic carbocycles. The fraction of sp³-hybridized carbons (Fsp3) is 0. The Balaban J connectivity index is 2.51. The van der Waals surface area contributed by atoms with Gasteiger partial charge in [-0.25, -0.2) is 13.6 Å². The van der Waals surface area contributed by atoms with Crippen LogP contribution < -0.4 is 0 Å². The number of carboxylic acids is 1. The van der Waals surface area contributed by atoms with Crippen LogP contribution in [0.25, 0.3) is 0 Å². The van der Waals surface area contributed by atoms with E-state index in [1.807, 2.05) is 0 Å². The number of nitrogens with zero attached hydrogens (tertiary/aromatic N) is 1. The first-order valence-electron chi connectivity index (χ1n) is 5.53. The van der Waals surface area contributed by atoms with Crippen LogP contribution in [0, 0.1) is 21.7 Å². The molecule has 5 nitrogen and oxygen atoms in total. The maximum atomic E-state index is 13.6. The molecule has 0 aliphatic carbocycles. The monoisotopic (exact) mass is 311 g/mol. The van der Waals surface area contributed by atoms with Gasteiger partial charge in [0.15, 0.2) is 0 Å². The molecule has 0 bridgehead atoms. The number of nitro benzene ring substituents is 1. The van der Waals surface area contributed by atoms with Gasteiger partial charge in [-0.2, -0.15) is 0 Å². The molecule has 0 saturated heterocycles. The van der Waals surface area contributed by atoms with Gasteiger partial charge in [0.1, 0.15) is 17.2 Å². The summed E-state index contributed by atoms with van der Waals surface area (Å²) >= 11 is 0.663. The van der Waals surface area contributed by atoms with Crippen LogP contribution in [0.5, 0.6) is 0 Å². The highest BCUT2D eigenvalue weighted by Gasteiger charge is 2.25. The van der Waals surface area contributed by atoms with Crippen molar-refractivity contribution >= 4 is 23.4 Å². The molecule has 2 rings (SSSR count). The van der Waals surface area contributed by atoms with E-state index in [4.69, 9.17) is 5.11 Å². The fourth-order valence-corrected chi connectivity index (χ4v) is 2.60. The molecule has 0 fully saturated rings. The third kappa shape index (κ3) is 3.16. The minimum absolute atomic E-state index is 0.0367. The van der Waals surface area contributed by atoms with E-state index in [1.165, 1.54) is 12.1 Å². The van der Waals surface area contributed by atoms with Crippen LogP contribution >= 0.6 is 11.8 Å². The minimum Gasteiger partial charge on any atom is -0.477 e. The van der Waals surface area contributed by atoms with Gasteiger partial charge in [0.05, 0.1) is 9.82 Å². The molecule has 0 aliphatic heterocycles. The van der Waals surface area contributed by atoms with Crippen molar-refractivity contribution in [3.05, 3.63) is 63.7 Å². The Morgan fingerprint density at radius 1 is 1.19 bits per heavy atom. The summed E-state index contributed by atoms with van der Waals surface area (Å²) in [6, 6.07) is 6.50. The summed E-state index contributed by atoms with van der Waals surface area (Å²) in [5.74, 6) is -3.11. The van der Waals surface area contributed by atoms with Crippen molar-refractivity contribution in [1.82, 2.24) is 0 Å². The van der Waals surface area contributed by atoms with Crippen molar-refractivity contribution in [3.63, 3.8) is 0 Å². The van der Waals surface area contributed by atoms with Crippen LogP contribution in [0.3, 0.4) is 0 Å². The topological polar surface area (TPSA) is 80.4 Å². The molecule has 0 saturated carbocycles. The lowest BCUT2D eigenvalue weighted by Crippen LogP contribution is -2.03. The summed E-state index contributed by atoms with van der Waals surface area (Å²) in [6.07, 6.45) is 0. The largest absolute Gasteiger partial charge is 0.477 e. The number of carboxylic acid groups (broad SMARTS) is 1. The predicted molar refractivity (Wildman–Crippen MR) is 70.5 cm³/mol. The van der Waals surface area contributed by atoms with E-state index >= 15 is 0 Å². The number of benzene rings is 2. The number of nitro groups is 1. The van der Waals surface area contributed by atoms with E-state index in [1.54, 1.807) is 0 Å². The van der Waals surface area contributed by atoms with E-state index in [0.717, 1.165) is 18.2 Å². The summed E-state index contributed by atoms with van der Waals surface area (Å²) in [5.41, 5.74) is -1.12. The zero-order chi connectivity index (χ0) is 15.6. The van der Waals surface area contributed by atoms with Crippen LogP contribution in [0.15, 0.2) is 46.2 Å². The third-order valence-electron chi connectivity index (χ3n) is 2.53. The van der Waals surface area contributed by atoms with Crippen LogP contribution in [0.4, 0.5) is 14.5 Å². The number of carbonyl (C=O) groups is 1. The second-order valence-electron chi connectivity index (χ2n) is 3.89. The highest BCUT2D eigenvalue weighted by molar-refractivity contribution is 7.99. The Morgan fingerprint density at radius 2 is 1.90 bits per heavy atom. The maximum absolute atomic E-state index is 13.6. The lowest BCUT2D eigenvalue weighted by molar-refractivity contribution is -0.388. The minimum atomic E-state index is -1.45. The van der Waals surface area contributed by atoms with Gasteiger partial charge in [0.2, 0.25) is 0 Å². The molecule has 21 heavy (non-hydrogen) atoms. The van der Waals surface area contributed by atoms with Gasteiger partial charge in [0, 0.05) is 11.0 Å². The second kappa shape index (κ2) is 5.88. The van der Waals surface area contributed by atoms with Crippen LogP contribution in [-0.2, 0) is 0 Å². The third-order valence-corrected chi connectivity index (χ3v) is 3.63. The molecule has 8 heteroatoms. The van der Waals surface area contributed by atoms with E-state index < -0.39 is 33.8 Å². The van der Waals surface area contributed by atoms with E-state index in [2.05, 4.69) is 0 Å². The highest BCUT2D eigenvalue weighted by Crippen LogP contribution is 2.38. The summed E-state index contributed by atoms with van der Waals surface area (Å²) < 4.78 is 26.4. The molecule has 1 N–H and O–H groups in total. The number of hydrogen-bond acceptors (Lipinski definition) is 4. The van der Waals surface area contributed by atoms with Gasteiger partial charge in [0.25, 0.3) is 5.69 Å². The molecule has 0 aliphatic rings. The zero-order valence-electron chi connectivity index (χ0n) is 10.2. The Labute approximate surface area is 121 Å². The quantitative estimate of drug-likeness (QED) is 0.687. The SMILES string of the molecule is O=C(O)c1cccc(Sc2ccc(F)cc2F)c1[N+](=O)[O-]. The average molecular weight is 311 g/mol. The Bertz CT molecular complexity index is 736. The molecular weight excluding hydrogens is 304 g/mol. The molecule has 0 atom stereocenters. The molecule has 0 aromatic heterocycles. The van der Waals surface area contributed by atoms with Crippen molar-refractivity contribution in [2.45, 2.75) is 9.79 Å². The first kappa shape index (κ1) is 14.9. The number of aromatic carboxylic acids is 1. The smallest absolute Gasteiger partial charge is 0.342 e. The molecule has 0 radical (unpaired) electrons. The van der Waals surface area contributed by atoms with Crippen LogP contribution in [0.2, 0.25) is 0 Å². The number of halogens is 2. The molecular formula is C13H7F2NO4S. The van der Waals surface area contributed by atoms with Crippen molar-refractivity contribution in [1.29, 1.82) is 0 Å². The first-order chi connectivity index (χ1) is 9.90. The van der Waals surface area contributed by atoms with E-state index in [0.29, 0.717) is 17.8 Å². The van der Waals surface area contributed by atoms with Gasteiger partial charge in [-0.3, -0.25) is 10.1 Å². The highest BCUT2D eigenvalue weighted by atomic mass is 32.2. The van der Waals surface area contributed by atoms with E-state index in [-0.39, 0.29) is 9.79 Å². The molecule has 108 valence electrons. The normalized spacial score (nSPS) is 10.4. The summed E-state index contributed by atoms with van der Waals surface area (Å²) in [6.45, 7) is 0. The van der Waals surface area contributed by atoms with Gasteiger partial charge in [-0.1, -0.05) is 17.8 Å². The lowest BCUT2D eigenvalue weighted by Gasteiger charge is -2.06. The van der Waals surface area contributed by atoms with Crippen molar-refractivity contribution in [2.24, 2.45) is 0 Å². The fourth-order valence-electron chi connectivity index (χ4n) is 1.64. The average Bonchev–Trinajstić information content (AvgIpc) is 2.41. The lowest BCUT2D eigenvalue weighted by atomic mass is 10.2. The van der Waals surface area contributed by atoms with Crippen molar-refractivity contribution in [3.8, 4) is 0 Å². The second-order valence-corrected chi connectivity index (χ2v) is 4.98. The molecule has 2 aromatic rings. The number of para-hydroxylation sites is 1. The van der Waals surface area contributed by atoms with Crippen LogP contribution in [-0.4, -0.2) is 16.0 Å².